The molecule has 0 saturated heterocycles. The van der Waals surface area contributed by atoms with Gasteiger partial charge >= 0.3 is 0 Å². The molecule has 0 fully saturated rings. The minimum atomic E-state index is -0.0272. The predicted octanol–water partition coefficient (Wildman–Crippen LogP) is 4.73. The van der Waals surface area contributed by atoms with E-state index >= 15 is 0 Å². The first kappa shape index (κ1) is 17.7. The first-order valence-electron chi connectivity index (χ1n) is 8.56. The first-order chi connectivity index (χ1) is 12.0. The van der Waals surface area contributed by atoms with Crippen molar-refractivity contribution in [2.75, 3.05) is 18.4 Å². The van der Waals surface area contributed by atoms with Crippen molar-refractivity contribution >= 4 is 23.2 Å². The van der Waals surface area contributed by atoms with Crippen molar-refractivity contribution in [1.82, 2.24) is 4.90 Å². The molecule has 130 valence electrons. The molecule has 1 N–H and O–H groups in total. The van der Waals surface area contributed by atoms with Crippen LogP contribution in [0.25, 0.3) is 0 Å². The number of halogens is 1. The molecule has 3 nitrogen and oxygen atoms in total. The van der Waals surface area contributed by atoms with Gasteiger partial charge in [0.1, 0.15) is 0 Å². The number of benzene rings is 2. The maximum Gasteiger partial charge on any atom is 0.251 e. The molecule has 0 spiro atoms. The van der Waals surface area contributed by atoms with E-state index in [0.29, 0.717) is 5.02 Å². The number of carbonyl (C=O) groups excluding carboxylic acids is 1. The van der Waals surface area contributed by atoms with Crippen LogP contribution in [0.4, 0.5) is 5.69 Å². The van der Waals surface area contributed by atoms with Crippen molar-refractivity contribution in [2.24, 2.45) is 0 Å². The number of aryl methyl sites for hydroxylation is 1. The van der Waals surface area contributed by atoms with Gasteiger partial charge in [0.2, 0.25) is 0 Å². The van der Waals surface area contributed by atoms with Crippen LogP contribution in [0, 0.1) is 13.8 Å². The van der Waals surface area contributed by atoms with Crippen molar-refractivity contribution in [3.05, 3.63) is 75.8 Å². The highest BCUT2D eigenvalue weighted by molar-refractivity contribution is 6.31. The number of rotatable bonds is 4. The van der Waals surface area contributed by atoms with Gasteiger partial charge in [0, 0.05) is 35.9 Å². The number of hydrogen-bond donors (Lipinski definition) is 1. The second-order valence-electron chi connectivity index (χ2n) is 6.57. The first-order valence-corrected chi connectivity index (χ1v) is 8.94. The van der Waals surface area contributed by atoms with Gasteiger partial charge in [0.25, 0.3) is 5.91 Å². The van der Waals surface area contributed by atoms with E-state index < -0.39 is 0 Å². The molecule has 0 bridgehead atoms. The molecule has 0 atom stereocenters. The highest BCUT2D eigenvalue weighted by atomic mass is 35.5. The number of hydrogen-bond acceptors (Lipinski definition) is 2. The Kier molecular flexibility index (Phi) is 5.57. The molecule has 0 radical (unpaired) electrons. The maximum absolute atomic E-state index is 12.5. The summed E-state index contributed by atoms with van der Waals surface area (Å²) in [6.07, 6.45) is 2.80. The molecule has 2 aromatic rings. The SMILES string of the molecule is Cc1cccc(CN2CC=C(C(=O)Nc3cccc(Cl)c3C)CC2)c1. The van der Waals surface area contributed by atoms with Crippen LogP contribution >= 0.6 is 11.6 Å². The molecular formula is C21H23ClN2O. The Morgan fingerprint density at radius 2 is 2.00 bits per heavy atom. The zero-order chi connectivity index (χ0) is 17.8. The molecule has 0 aromatic heterocycles. The summed E-state index contributed by atoms with van der Waals surface area (Å²) in [5.41, 5.74) is 5.12. The van der Waals surface area contributed by atoms with E-state index in [1.807, 2.05) is 31.2 Å². The lowest BCUT2D eigenvalue weighted by molar-refractivity contribution is -0.113. The summed E-state index contributed by atoms with van der Waals surface area (Å²) in [5, 5.41) is 3.65. The van der Waals surface area contributed by atoms with Crippen molar-refractivity contribution in [3.8, 4) is 0 Å². The number of nitrogens with one attached hydrogen (secondary N) is 1. The molecule has 4 heteroatoms. The van der Waals surface area contributed by atoms with Crippen molar-refractivity contribution < 1.29 is 4.79 Å². The Morgan fingerprint density at radius 3 is 2.72 bits per heavy atom. The Balaban J connectivity index is 1.60. The minimum absolute atomic E-state index is 0.0272. The second-order valence-corrected chi connectivity index (χ2v) is 6.98. The van der Waals surface area contributed by atoms with E-state index in [2.05, 4.69) is 41.4 Å². The zero-order valence-corrected chi connectivity index (χ0v) is 15.4. The van der Waals surface area contributed by atoms with Crippen molar-refractivity contribution in [1.29, 1.82) is 0 Å². The van der Waals surface area contributed by atoms with Crippen LogP contribution in [0.1, 0.15) is 23.1 Å². The summed E-state index contributed by atoms with van der Waals surface area (Å²) >= 11 is 6.12. The lowest BCUT2D eigenvalue weighted by Gasteiger charge is -2.26. The van der Waals surface area contributed by atoms with E-state index in [9.17, 15) is 4.79 Å². The van der Waals surface area contributed by atoms with Gasteiger partial charge in [0.15, 0.2) is 0 Å². The molecule has 2 aromatic carbocycles. The quantitative estimate of drug-likeness (QED) is 0.861. The van der Waals surface area contributed by atoms with Gasteiger partial charge < -0.3 is 5.32 Å². The fourth-order valence-electron chi connectivity index (χ4n) is 3.08. The number of carbonyl (C=O) groups is 1. The minimum Gasteiger partial charge on any atom is -0.322 e. The predicted molar refractivity (Wildman–Crippen MR) is 104 cm³/mol. The van der Waals surface area contributed by atoms with Crippen LogP contribution < -0.4 is 5.32 Å². The Hall–Kier alpha value is -2.10. The van der Waals surface area contributed by atoms with E-state index in [-0.39, 0.29) is 5.91 Å². The molecule has 25 heavy (non-hydrogen) atoms. The van der Waals surface area contributed by atoms with Gasteiger partial charge in [-0.25, -0.2) is 0 Å². The van der Waals surface area contributed by atoms with Gasteiger partial charge in [-0.3, -0.25) is 9.69 Å². The van der Waals surface area contributed by atoms with Crippen LogP contribution in [0.3, 0.4) is 0 Å². The highest BCUT2D eigenvalue weighted by Crippen LogP contribution is 2.24. The van der Waals surface area contributed by atoms with Crippen LogP contribution in [0.15, 0.2) is 54.1 Å². The fraction of sp³-hybridized carbons (Fsp3) is 0.286. The molecule has 1 amide bonds. The lowest BCUT2D eigenvalue weighted by atomic mass is 10.1. The van der Waals surface area contributed by atoms with E-state index in [0.717, 1.165) is 42.9 Å². The summed E-state index contributed by atoms with van der Waals surface area (Å²) in [4.78, 5) is 14.9. The van der Waals surface area contributed by atoms with E-state index in [4.69, 9.17) is 11.6 Å². The maximum atomic E-state index is 12.5. The van der Waals surface area contributed by atoms with Gasteiger partial charge in [-0.2, -0.15) is 0 Å². The molecule has 0 saturated carbocycles. The normalized spacial score (nSPS) is 14.9. The second kappa shape index (κ2) is 7.85. The monoisotopic (exact) mass is 354 g/mol. The number of anilines is 1. The number of amides is 1. The lowest BCUT2D eigenvalue weighted by Crippen LogP contribution is -2.31. The van der Waals surface area contributed by atoms with Crippen LogP contribution in [0.2, 0.25) is 5.02 Å². The van der Waals surface area contributed by atoms with Gasteiger partial charge in [-0.05, 0) is 43.5 Å². The van der Waals surface area contributed by atoms with Gasteiger partial charge in [-0.15, -0.1) is 0 Å². The highest BCUT2D eigenvalue weighted by Gasteiger charge is 2.18. The molecule has 1 heterocycles. The van der Waals surface area contributed by atoms with Gasteiger partial charge in [0.05, 0.1) is 0 Å². The third kappa shape index (κ3) is 4.50. The topological polar surface area (TPSA) is 32.3 Å². The molecule has 1 aliphatic rings. The third-order valence-electron chi connectivity index (χ3n) is 4.59. The van der Waals surface area contributed by atoms with Crippen molar-refractivity contribution in [2.45, 2.75) is 26.8 Å². The van der Waals surface area contributed by atoms with E-state index in [1.165, 1.54) is 11.1 Å². The largest absolute Gasteiger partial charge is 0.322 e. The molecule has 0 unspecified atom stereocenters. The third-order valence-corrected chi connectivity index (χ3v) is 5.00. The standard InChI is InChI=1S/C21H23ClN2O/c1-15-5-3-6-17(13-15)14-24-11-9-18(10-12-24)21(25)23-20-8-4-7-19(22)16(20)2/h3-9,13H,10-12,14H2,1-2H3,(H,23,25). The fourth-order valence-corrected chi connectivity index (χ4v) is 3.25. The number of nitrogens with zero attached hydrogens (tertiary/aromatic N) is 1. The summed E-state index contributed by atoms with van der Waals surface area (Å²) in [6, 6.07) is 14.1. The summed E-state index contributed by atoms with van der Waals surface area (Å²) in [7, 11) is 0. The Morgan fingerprint density at radius 1 is 1.20 bits per heavy atom. The Labute approximate surface area is 154 Å². The average molecular weight is 355 g/mol. The van der Waals surface area contributed by atoms with Crippen LogP contribution in [-0.2, 0) is 11.3 Å². The van der Waals surface area contributed by atoms with Crippen LogP contribution in [-0.4, -0.2) is 23.9 Å². The smallest absolute Gasteiger partial charge is 0.251 e. The van der Waals surface area contributed by atoms with Gasteiger partial charge in [-0.1, -0.05) is 53.6 Å². The molecule has 0 aliphatic carbocycles. The molecular weight excluding hydrogens is 332 g/mol. The van der Waals surface area contributed by atoms with E-state index in [1.54, 1.807) is 0 Å². The summed E-state index contributed by atoms with van der Waals surface area (Å²) < 4.78 is 0. The summed E-state index contributed by atoms with van der Waals surface area (Å²) in [5.74, 6) is -0.0272. The summed E-state index contributed by atoms with van der Waals surface area (Å²) in [6.45, 7) is 6.63. The average Bonchev–Trinajstić information content (AvgIpc) is 2.59. The molecule has 3 rings (SSSR count). The van der Waals surface area contributed by atoms with Crippen LogP contribution in [0.5, 0.6) is 0 Å². The molecule has 1 aliphatic heterocycles. The Bertz CT molecular complexity index is 813. The zero-order valence-electron chi connectivity index (χ0n) is 14.7. The van der Waals surface area contributed by atoms with Crippen molar-refractivity contribution in [3.63, 3.8) is 0 Å².